The third-order valence-corrected chi connectivity index (χ3v) is 9.16. The minimum atomic E-state index is -0.478. The molecular formula is C30H34N4O2S. The van der Waals surface area contributed by atoms with Crippen molar-refractivity contribution < 1.29 is 9.59 Å². The molecule has 3 aromatic rings. The topological polar surface area (TPSA) is 55.9 Å². The van der Waals surface area contributed by atoms with Crippen molar-refractivity contribution in [3.63, 3.8) is 0 Å². The van der Waals surface area contributed by atoms with E-state index in [1.165, 1.54) is 0 Å². The van der Waals surface area contributed by atoms with Gasteiger partial charge in [0.1, 0.15) is 0 Å². The van der Waals surface area contributed by atoms with Gasteiger partial charge in [-0.1, -0.05) is 49.2 Å². The molecule has 37 heavy (non-hydrogen) atoms. The van der Waals surface area contributed by atoms with Crippen LogP contribution in [0.4, 0.5) is 11.4 Å². The van der Waals surface area contributed by atoms with Gasteiger partial charge in [0.2, 0.25) is 5.91 Å². The number of rotatable bonds is 5. The maximum Gasteiger partial charge on any atom is 0.254 e. The van der Waals surface area contributed by atoms with E-state index in [0.717, 1.165) is 73.7 Å². The summed E-state index contributed by atoms with van der Waals surface area (Å²) in [6.45, 7) is 3.85. The quantitative estimate of drug-likeness (QED) is 0.498. The van der Waals surface area contributed by atoms with Crippen molar-refractivity contribution in [3.05, 3.63) is 82.0 Å². The molecule has 2 fully saturated rings. The first-order valence-corrected chi connectivity index (χ1v) is 14.3. The van der Waals surface area contributed by atoms with Gasteiger partial charge in [-0.25, -0.2) is 0 Å². The molecule has 7 heteroatoms. The first-order valence-electron chi connectivity index (χ1n) is 13.4. The first-order chi connectivity index (χ1) is 18.1. The van der Waals surface area contributed by atoms with Gasteiger partial charge in [-0.3, -0.25) is 9.59 Å². The van der Waals surface area contributed by atoms with Crippen molar-refractivity contribution in [1.29, 1.82) is 0 Å². The molecule has 2 unspecified atom stereocenters. The lowest BCUT2D eigenvalue weighted by Gasteiger charge is -2.44. The summed E-state index contributed by atoms with van der Waals surface area (Å²) in [7, 11) is 2.15. The van der Waals surface area contributed by atoms with E-state index in [9.17, 15) is 9.59 Å². The van der Waals surface area contributed by atoms with Crippen LogP contribution >= 0.6 is 11.3 Å². The predicted molar refractivity (Wildman–Crippen MR) is 149 cm³/mol. The number of amides is 2. The molecule has 1 N–H and O–H groups in total. The van der Waals surface area contributed by atoms with E-state index in [1.807, 2.05) is 53.9 Å². The van der Waals surface area contributed by atoms with Crippen molar-refractivity contribution in [3.8, 4) is 0 Å². The zero-order valence-corrected chi connectivity index (χ0v) is 22.1. The fourth-order valence-corrected chi connectivity index (χ4v) is 7.15. The number of thiophene rings is 1. The average molecular weight is 515 g/mol. The van der Waals surface area contributed by atoms with E-state index in [-0.39, 0.29) is 23.9 Å². The van der Waals surface area contributed by atoms with Gasteiger partial charge in [0, 0.05) is 42.7 Å². The fraction of sp³-hybridized carbons (Fsp3) is 0.400. The standard InChI is InChI=1S/C30H34N4O2S/c1-32-16-18-33(19-17-32)25-14-7-6-13-24(25)31-29(35)27-22-11-4-5-12-23(22)30(36)34(21-9-2-3-10-21)28(27)26-15-8-20-37-26/h4-8,11-15,20-21,27-28H,2-3,9-10,16-19H2,1H3,(H,31,35). The number of carbonyl (C=O) groups excluding carboxylic acids is 2. The van der Waals surface area contributed by atoms with Crippen LogP contribution < -0.4 is 10.2 Å². The molecule has 2 atom stereocenters. The molecule has 1 aliphatic carbocycles. The van der Waals surface area contributed by atoms with Crippen LogP contribution in [0.15, 0.2) is 66.0 Å². The zero-order valence-electron chi connectivity index (χ0n) is 21.3. The van der Waals surface area contributed by atoms with E-state index in [2.05, 4.69) is 39.2 Å². The van der Waals surface area contributed by atoms with E-state index in [4.69, 9.17) is 0 Å². The van der Waals surface area contributed by atoms with Gasteiger partial charge in [0.25, 0.3) is 5.91 Å². The Bertz CT molecular complexity index is 1260. The van der Waals surface area contributed by atoms with Crippen molar-refractivity contribution in [2.75, 3.05) is 43.4 Å². The Morgan fingerprint density at radius 1 is 0.919 bits per heavy atom. The van der Waals surface area contributed by atoms with Crippen LogP contribution in [0.3, 0.4) is 0 Å². The van der Waals surface area contributed by atoms with Crippen LogP contribution in [0.2, 0.25) is 0 Å². The number of benzene rings is 2. The lowest BCUT2D eigenvalue weighted by molar-refractivity contribution is -0.119. The molecule has 1 saturated heterocycles. The second kappa shape index (κ2) is 10.3. The summed E-state index contributed by atoms with van der Waals surface area (Å²) in [5.74, 6) is -0.473. The van der Waals surface area contributed by atoms with Crippen LogP contribution in [0.5, 0.6) is 0 Å². The highest BCUT2D eigenvalue weighted by molar-refractivity contribution is 7.10. The number of hydrogen-bond donors (Lipinski definition) is 1. The molecule has 0 spiro atoms. The fourth-order valence-electron chi connectivity index (χ4n) is 6.29. The molecule has 0 bridgehead atoms. The molecule has 3 heterocycles. The van der Waals surface area contributed by atoms with Gasteiger partial charge in [-0.05, 0) is 55.1 Å². The lowest BCUT2D eigenvalue weighted by Crippen LogP contribution is -2.49. The molecule has 6 rings (SSSR count). The van der Waals surface area contributed by atoms with Crippen molar-refractivity contribution >= 4 is 34.5 Å². The Kier molecular flexibility index (Phi) is 6.74. The van der Waals surface area contributed by atoms with Gasteiger partial charge in [0.05, 0.1) is 23.3 Å². The number of likely N-dealkylation sites (N-methyl/N-ethyl adjacent to an activating group) is 1. The van der Waals surface area contributed by atoms with Gasteiger partial charge in [-0.15, -0.1) is 11.3 Å². The highest BCUT2D eigenvalue weighted by atomic mass is 32.1. The van der Waals surface area contributed by atoms with Crippen LogP contribution in [0.25, 0.3) is 0 Å². The van der Waals surface area contributed by atoms with E-state index < -0.39 is 5.92 Å². The minimum absolute atomic E-state index is 0.0528. The second-order valence-corrected chi connectivity index (χ2v) is 11.5. The Morgan fingerprint density at radius 3 is 2.41 bits per heavy atom. The van der Waals surface area contributed by atoms with Crippen molar-refractivity contribution in [2.45, 2.75) is 43.7 Å². The summed E-state index contributed by atoms with van der Waals surface area (Å²) in [5.41, 5.74) is 3.39. The SMILES string of the molecule is CN1CCN(c2ccccc2NC(=O)C2c3ccccc3C(=O)N(C3CCCC3)C2c2cccs2)CC1. The number of para-hydroxylation sites is 2. The van der Waals surface area contributed by atoms with Crippen LogP contribution in [0, 0.1) is 0 Å². The minimum Gasteiger partial charge on any atom is -0.367 e. The summed E-state index contributed by atoms with van der Waals surface area (Å²) in [6, 6.07) is 19.8. The molecule has 2 amide bonds. The Balaban J connectivity index is 1.39. The van der Waals surface area contributed by atoms with Crippen LogP contribution in [-0.4, -0.2) is 60.9 Å². The summed E-state index contributed by atoms with van der Waals surface area (Å²) < 4.78 is 0. The molecule has 2 aliphatic heterocycles. The molecule has 1 aromatic heterocycles. The van der Waals surface area contributed by atoms with Crippen LogP contribution in [-0.2, 0) is 4.79 Å². The molecule has 192 valence electrons. The Morgan fingerprint density at radius 2 is 1.65 bits per heavy atom. The van der Waals surface area contributed by atoms with Crippen molar-refractivity contribution in [1.82, 2.24) is 9.80 Å². The summed E-state index contributed by atoms with van der Waals surface area (Å²) in [6.07, 6.45) is 4.25. The van der Waals surface area contributed by atoms with Gasteiger partial charge >= 0.3 is 0 Å². The van der Waals surface area contributed by atoms with E-state index in [1.54, 1.807) is 11.3 Å². The second-order valence-electron chi connectivity index (χ2n) is 10.5. The summed E-state index contributed by atoms with van der Waals surface area (Å²) >= 11 is 1.64. The number of nitrogens with zero attached hydrogens (tertiary/aromatic N) is 3. The smallest absolute Gasteiger partial charge is 0.254 e. The zero-order chi connectivity index (χ0) is 25.4. The highest BCUT2D eigenvalue weighted by Crippen LogP contribution is 2.47. The maximum atomic E-state index is 14.3. The first kappa shape index (κ1) is 24.2. The molecule has 1 saturated carbocycles. The molecule has 2 aromatic carbocycles. The van der Waals surface area contributed by atoms with Gasteiger partial charge in [-0.2, -0.15) is 0 Å². The monoisotopic (exact) mass is 514 g/mol. The van der Waals surface area contributed by atoms with Crippen LogP contribution in [0.1, 0.15) is 58.4 Å². The Labute approximate surface area is 222 Å². The number of hydrogen-bond acceptors (Lipinski definition) is 5. The predicted octanol–water partition coefficient (Wildman–Crippen LogP) is 5.36. The summed E-state index contributed by atoms with van der Waals surface area (Å²) in [5, 5.41) is 5.37. The molecule has 6 nitrogen and oxygen atoms in total. The van der Waals surface area contributed by atoms with Gasteiger partial charge < -0.3 is 20.0 Å². The lowest BCUT2D eigenvalue weighted by atomic mass is 9.80. The largest absolute Gasteiger partial charge is 0.367 e. The molecular weight excluding hydrogens is 480 g/mol. The average Bonchev–Trinajstić information content (AvgIpc) is 3.64. The number of anilines is 2. The molecule has 3 aliphatic rings. The highest BCUT2D eigenvalue weighted by Gasteiger charge is 2.47. The Hall–Kier alpha value is -3.16. The van der Waals surface area contributed by atoms with Gasteiger partial charge in [0.15, 0.2) is 0 Å². The third kappa shape index (κ3) is 4.55. The van der Waals surface area contributed by atoms with E-state index >= 15 is 0 Å². The normalized spacial score (nSPS) is 22.8. The number of fused-ring (bicyclic) bond motifs is 1. The number of piperazine rings is 1. The maximum absolute atomic E-state index is 14.3. The summed E-state index contributed by atoms with van der Waals surface area (Å²) in [4.78, 5) is 36.0. The molecule has 0 radical (unpaired) electrons. The third-order valence-electron chi connectivity index (χ3n) is 8.22. The number of nitrogens with one attached hydrogen (secondary N) is 1. The number of carbonyl (C=O) groups is 2. The van der Waals surface area contributed by atoms with E-state index in [0.29, 0.717) is 5.56 Å². The van der Waals surface area contributed by atoms with Crippen molar-refractivity contribution in [2.24, 2.45) is 0 Å².